The Kier molecular flexibility index (Phi) is 3.08. The van der Waals surface area contributed by atoms with Crippen molar-refractivity contribution in [3.63, 3.8) is 0 Å². The summed E-state index contributed by atoms with van der Waals surface area (Å²) in [6, 6.07) is 13.3. The highest BCUT2D eigenvalue weighted by Crippen LogP contribution is 2.31. The molecule has 78 valence electrons. The van der Waals surface area contributed by atoms with E-state index >= 15 is 0 Å². The summed E-state index contributed by atoms with van der Waals surface area (Å²) >= 11 is 1.53. The van der Waals surface area contributed by atoms with Gasteiger partial charge in [-0.3, -0.25) is 0 Å². The smallest absolute Gasteiger partial charge is 0.141 e. The first-order valence-corrected chi connectivity index (χ1v) is 5.50. The molecule has 2 rings (SSSR count). The fourth-order valence-electron chi connectivity index (χ4n) is 1.24. The normalized spacial score (nSPS) is 9.69. The van der Waals surface area contributed by atoms with E-state index in [1.807, 2.05) is 36.4 Å². The molecule has 0 bridgehead atoms. The van der Waals surface area contributed by atoms with Crippen LogP contribution in [-0.4, -0.2) is 4.98 Å². The van der Waals surface area contributed by atoms with Gasteiger partial charge in [-0.15, -0.1) is 0 Å². The monoisotopic (exact) mass is 227 g/mol. The van der Waals surface area contributed by atoms with Crippen LogP contribution in [0.3, 0.4) is 0 Å². The second-order valence-electron chi connectivity index (χ2n) is 3.13. The summed E-state index contributed by atoms with van der Waals surface area (Å²) in [6.45, 7) is 0. The van der Waals surface area contributed by atoms with Crippen LogP contribution in [0.25, 0.3) is 0 Å². The lowest BCUT2D eigenvalue weighted by atomic mass is 10.3. The fraction of sp³-hybridized carbons (Fsp3) is 0. The molecular weight excluding hydrogens is 218 g/mol. The molecule has 1 aromatic carbocycles. The average Bonchev–Trinajstić information content (AvgIpc) is 2.32. The predicted molar refractivity (Wildman–Crippen MR) is 63.9 cm³/mol. The zero-order valence-corrected chi connectivity index (χ0v) is 9.24. The van der Waals surface area contributed by atoms with Gasteiger partial charge in [-0.05, 0) is 24.3 Å². The van der Waals surface area contributed by atoms with Crippen LogP contribution in [0.15, 0.2) is 52.4 Å². The number of para-hydroxylation sites is 1. The summed E-state index contributed by atoms with van der Waals surface area (Å²) in [4.78, 5) is 5.86. The minimum Gasteiger partial charge on any atom is -0.398 e. The molecule has 0 amide bonds. The van der Waals surface area contributed by atoms with E-state index in [0.29, 0.717) is 5.69 Å². The Morgan fingerprint density at radius 3 is 2.81 bits per heavy atom. The van der Waals surface area contributed by atoms with Gasteiger partial charge in [0.25, 0.3) is 0 Å². The third-order valence-electron chi connectivity index (χ3n) is 1.99. The van der Waals surface area contributed by atoms with Gasteiger partial charge in [0.05, 0.1) is 0 Å². The number of benzene rings is 1. The Morgan fingerprint density at radius 1 is 1.25 bits per heavy atom. The molecule has 4 heteroatoms. The van der Waals surface area contributed by atoms with Crippen LogP contribution in [-0.2, 0) is 0 Å². The molecule has 0 saturated carbocycles. The van der Waals surface area contributed by atoms with Crippen molar-refractivity contribution in [1.82, 2.24) is 4.98 Å². The molecule has 0 spiro atoms. The summed E-state index contributed by atoms with van der Waals surface area (Å²) in [5, 5.41) is 8.74. The summed E-state index contributed by atoms with van der Waals surface area (Å²) in [7, 11) is 0. The topological polar surface area (TPSA) is 62.7 Å². The number of nitriles is 1. The van der Waals surface area contributed by atoms with Gasteiger partial charge in [-0.1, -0.05) is 23.9 Å². The van der Waals surface area contributed by atoms with Crippen molar-refractivity contribution in [2.45, 2.75) is 9.79 Å². The maximum atomic E-state index is 8.74. The molecule has 1 heterocycles. The molecule has 0 saturated heterocycles. The predicted octanol–water partition coefficient (Wildman–Crippen LogP) is 2.69. The van der Waals surface area contributed by atoms with Gasteiger partial charge >= 0.3 is 0 Å². The van der Waals surface area contributed by atoms with Gasteiger partial charge in [0.1, 0.15) is 11.8 Å². The first-order chi connectivity index (χ1) is 7.79. The second kappa shape index (κ2) is 4.69. The van der Waals surface area contributed by atoms with Gasteiger partial charge in [0, 0.05) is 21.7 Å². The molecule has 2 aromatic rings. The van der Waals surface area contributed by atoms with Gasteiger partial charge in [0.15, 0.2) is 0 Å². The highest BCUT2D eigenvalue weighted by atomic mass is 32.2. The van der Waals surface area contributed by atoms with E-state index in [1.165, 1.54) is 11.8 Å². The SMILES string of the molecule is N#Cc1cc(Sc2ccccc2N)ccn1. The Hall–Kier alpha value is -1.99. The highest BCUT2D eigenvalue weighted by Gasteiger charge is 2.02. The molecule has 0 atom stereocenters. The average molecular weight is 227 g/mol. The van der Waals surface area contributed by atoms with Crippen molar-refractivity contribution in [3.05, 3.63) is 48.3 Å². The fourth-order valence-corrected chi connectivity index (χ4v) is 2.12. The maximum Gasteiger partial charge on any atom is 0.141 e. The quantitative estimate of drug-likeness (QED) is 0.801. The van der Waals surface area contributed by atoms with E-state index < -0.39 is 0 Å². The molecule has 0 unspecified atom stereocenters. The zero-order chi connectivity index (χ0) is 11.4. The Morgan fingerprint density at radius 2 is 2.06 bits per heavy atom. The lowest BCUT2D eigenvalue weighted by molar-refractivity contribution is 1.21. The number of anilines is 1. The minimum atomic E-state index is 0.416. The summed E-state index contributed by atoms with van der Waals surface area (Å²) in [6.07, 6.45) is 1.63. The number of nitrogens with two attached hydrogens (primary N) is 1. The minimum absolute atomic E-state index is 0.416. The van der Waals surface area contributed by atoms with E-state index in [1.54, 1.807) is 12.3 Å². The van der Waals surface area contributed by atoms with Crippen LogP contribution in [0.5, 0.6) is 0 Å². The number of hydrogen-bond acceptors (Lipinski definition) is 4. The first-order valence-electron chi connectivity index (χ1n) is 4.68. The molecule has 3 nitrogen and oxygen atoms in total. The van der Waals surface area contributed by atoms with Crippen LogP contribution in [0.1, 0.15) is 5.69 Å². The number of rotatable bonds is 2. The summed E-state index contributed by atoms with van der Waals surface area (Å²) in [5.74, 6) is 0. The van der Waals surface area contributed by atoms with E-state index in [2.05, 4.69) is 4.98 Å². The van der Waals surface area contributed by atoms with Crippen molar-refractivity contribution in [2.24, 2.45) is 0 Å². The van der Waals surface area contributed by atoms with E-state index in [9.17, 15) is 0 Å². The lowest BCUT2D eigenvalue weighted by Crippen LogP contribution is -1.87. The van der Waals surface area contributed by atoms with Gasteiger partial charge in [0.2, 0.25) is 0 Å². The van der Waals surface area contributed by atoms with Crippen LogP contribution in [0, 0.1) is 11.3 Å². The van der Waals surface area contributed by atoms with Crippen molar-refractivity contribution < 1.29 is 0 Å². The van der Waals surface area contributed by atoms with E-state index in [-0.39, 0.29) is 0 Å². The van der Waals surface area contributed by atoms with Crippen LogP contribution < -0.4 is 5.73 Å². The number of aromatic nitrogens is 1. The largest absolute Gasteiger partial charge is 0.398 e. The lowest BCUT2D eigenvalue weighted by Gasteiger charge is -2.04. The molecule has 0 aliphatic carbocycles. The van der Waals surface area contributed by atoms with Crippen molar-refractivity contribution >= 4 is 17.4 Å². The summed E-state index contributed by atoms with van der Waals surface area (Å²) < 4.78 is 0. The van der Waals surface area contributed by atoms with Crippen LogP contribution in [0.4, 0.5) is 5.69 Å². The van der Waals surface area contributed by atoms with E-state index in [4.69, 9.17) is 11.0 Å². The molecular formula is C12H9N3S. The molecule has 2 N–H and O–H groups in total. The number of pyridine rings is 1. The molecule has 1 aromatic heterocycles. The van der Waals surface area contributed by atoms with Crippen LogP contribution >= 0.6 is 11.8 Å². The first kappa shape index (κ1) is 10.5. The Bertz CT molecular complexity index is 546. The van der Waals surface area contributed by atoms with Crippen LogP contribution in [0.2, 0.25) is 0 Å². The van der Waals surface area contributed by atoms with Crippen molar-refractivity contribution in [1.29, 1.82) is 5.26 Å². The highest BCUT2D eigenvalue weighted by molar-refractivity contribution is 7.99. The van der Waals surface area contributed by atoms with Gasteiger partial charge < -0.3 is 5.73 Å². The van der Waals surface area contributed by atoms with E-state index in [0.717, 1.165) is 15.5 Å². The number of hydrogen-bond donors (Lipinski definition) is 1. The summed E-state index contributed by atoms with van der Waals surface area (Å²) in [5.41, 5.74) is 6.99. The van der Waals surface area contributed by atoms with Crippen molar-refractivity contribution in [2.75, 3.05) is 5.73 Å². The zero-order valence-electron chi connectivity index (χ0n) is 8.42. The maximum absolute atomic E-state index is 8.74. The third-order valence-corrected chi connectivity index (χ3v) is 3.07. The van der Waals surface area contributed by atoms with Crippen molar-refractivity contribution in [3.8, 4) is 6.07 Å². The Balaban J connectivity index is 2.28. The molecule has 0 fully saturated rings. The second-order valence-corrected chi connectivity index (χ2v) is 4.24. The molecule has 0 aliphatic heterocycles. The molecule has 0 radical (unpaired) electrons. The number of nitrogens with zero attached hydrogens (tertiary/aromatic N) is 2. The number of nitrogen functional groups attached to an aromatic ring is 1. The molecule has 16 heavy (non-hydrogen) atoms. The van der Waals surface area contributed by atoms with Gasteiger partial charge in [-0.2, -0.15) is 5.26 Å². The third kappa shape index (κ3) is 2.33. The van der Waals surface area contributed by atoms with Gasteiger partial charge in [-0.25, -0.2) is 4.98 Å². The Labute approximate surface area is 97.9 Å². The standard InChI is InChI=1S/C12H9N3S/c13-8-9-7-10(5-6-15-9)16-12-4-2-1-3-11(12)14/h1-7H,14H2. The molecule has 0 aliphatic rings.